The van der Waals surface area contributed by atoms with Crippen LogP contribution in [0.2, 0.25) is 0 Å². The van der Waals surface area contributed by atoms with Gasteiger partial charge in [-0.3, -0.25) is 9.59 Å². The lowest BCUT2D eigenvalue weighted by molar-refractivity contribution is -0.120. The van der Waals surface area contributed by atoms with E-state index < -0.39 is 0 Å². The quantitative estimate of drug-likeness (QED) is 0.458. The van der Waals surface area contributed by atoms with Crippen LogP contribution in [0.3, 0.4) is 0 Å². The number of hydrogen-bond donors (Lipinski definition) is 2. The summed E-state index contributed by atoms with van der Waals surface area (Å²) in [5.41, 5.74) is 3.78. The van der Waals surface area contributed by atoms with Crippen molar-refractivity contribution < 1.29 is 9.59 Å². The number of benzene rings is 2. The number of carbonyl (C=O) groups excluding carboxylic acids is 2. The van der Waals surface area contributed by atoms with Crippen molar-refractivity contribution in [3.8, 4) is 0 Å². The highest BCUT2D eigenvalue weighted by Gasteiger charge is 2.14. The number of halogens is 1. The highest BCUT2D eigenvalue weighted by Crippen LogP contribution is 2.25. The van der Waals surface area contributed by atoms with Crippen molar-refractivity contribution in [1.82, 2.24) is 20.1 Å². The maximum Gasteiger partial charge on any atom is 0.234 e. The number of nitrogens with one attached hydrogen (secondary N) is 2. The lowest BCUT2D eigenvalue weighted by Gasteiger charge is -2.12. The van der Waals surface area contributed by atoms with Gasteiger partial charge < -0.3 is 15.2 Å². The fraction of sp³-hybridized carbons (Fsp3) is 0.273. The molecule has 2 amide bonds. The molecule has 0 radical (unpaired) electrons. The molecule has 1 aromatic heterocycles. The summed E-state index contributed by atoms with van der Waals surface area (Å²) in [4.78, 5) is 24.6. The first kappa shape index (κ1) is 23.0. The molecular weight excluding hydrogens is 478 g/mol. The van der Waals surface area contributed by atoms with Crippen molar-refractivity contribution in [2.24, 2.45) is 7.05 Å². The molecule has 0 aliphatic heterocycles. The average molecular weight is 502 g/mol. The summed E-state index contributed by atoms with van der Waals surface area (Å²) in [6.45, 7) is 4.20. The monoisotopic (exact) mass is 501 g/mol. The van der Waals surface area contributed by atoms with Gasteiger partial charge in [-0.2, -0.15) is 0 Å². The maximum atomic E-state index is 12.4. The van der Waals surface area contributed by atoms with Crippen LogP contribution in [-0.4, -0.2) is 32.3 Å². The number of carbonyl (C=O) groups is 2. The number of thioether (sulfide) groups is 1. The fourth-order valence-electron chi connectivity index (χ4n) is 3.06. The minimum atomic E-state index is -0.112. The zero-order valence-corrected chi connectivity index (χ0v) is 20.0. The third-order valence-electron chi connectivity index (χ3n) is 4.67. The van der Waals surface area contributed by atoms with Crippen molar-refractivity contribution >= 4 is 45.2 Å². The van der Waals surface area contributed by atoms with Gasteiger partial charge in [-0.15, -0.1) is 10.2 Å². The molecule has 1 heterocycles. The third-order valence-corrected chi connectivity index (χ3v) is 6.15. The van der Waals surface area contributed by atoms with E-state index in [0.29, 0.717) is 17.4 Å². The van der Waals surface area contributed by atoms with E-state index in [1.165, 1.54) is 11.8 Å². The second kappa shape index (κ2) is 10.6. The second-order valence-corrected chi connectivity index (χ2v) is 9.01. The van der Waals surface area contributed by atoms with Crippen molar-refractivity contribution in [3.05, 3.63) is 69.5 Å². The third kappa shape index (κ3) is 6.41. The Labute approximate surface area is 194 Å². The molecule has 3 aromatic rings. The van der Waals surface area contributed by atoms with Gasteiger partial charge in [0.25, 0.3) is 0 Å². The van der Waals surface area contributed by atoms with Crippen LogP contribution in [0.1, 0.15) is 22.5 Å². The number of aryl methyl sites for hydroxylation is 2. The molecule has 0 atom stereocenters. The summed E-state index contributed by atoms with van der Waals surface area (Å²) in [6.07, 6.45) is 0.315. The van der Waals surface area contributed by atoms with Crippen molar-refractivity contribution in [2.75, 3.05) is 11.1 Å². The van der Waals surface area contributed by atoms with Gasteiger partial charge in [0, 0.05) is 17.2 Å². The average Bonchev–Trinajstić information content (AvgIpc) is 3.08. The number of anilines is 1. The first-order valence-electron chi connectivity index (χ1n) is 9.71. The SMILES string of the molecule is Cc1cc(Br)cc(C)c1NC(=O)CSc1nnc(CNC(=O)Cc2ccccc2)n1C. The van der Waals surface area contributed by atoms with Crippen molar-refractivity contribution in [1.29, 1.82) is 0 Å². The van der Waals surface area contributed by atoms with Gasteiger partial charge in [0.15, 0.2) is 11.0 Å². The number of rotatable bonds is 8. The molecule has 162 valence electrons. The fourth-order valence-corrected chi connectivity index (χ4v) is 4.48. The van der Waals surface area contributed by atoms with Crippen LogP contribution < -0.4 is 10.6 Å². The van der Waals surface area contributed by atoms with E-state index >= 15 is 0 Å². The normalized spacial score (nSPS) is 10.7. The van der Waals surface area contributed by atoms with Gasteiger partial charge >= 0.3 is 0 Å². The minimum Gasteiger partial charge on any atom is -0.349 e. The molecule has 0 fully saturated rings. The number of hydrogen-bond acceptors (Lipinski definition) is 5. The van der Waals surface area contributed by atoms with Gasteiger partial charge in [0.05, 0.1) is 18.7 Å². The molecule has 0 aliphatic rings. The van der Waals surface area contributed by atoms with E-state index in [1.807, 2.05) is 63.4 Å². The summed E-state index contributed by atoms with van der Waals surface area (Å²) >= 11 is 4.76. The Kier molecular flexibility index (Phi) is 7.86. The maximum absolute atomic E-state index is 12.4. The molecule has 3 rings (SSSR count). The minimum absolute atomic E-state index is 0.0805. The number of nitrogens with zero attached hydrogens (tertiary/aromatic N) is 3. The topological polar surface area (TPSA) is 88.9 Å². The first-order valence-corrected chi connectivity index (χ1v) is 11.5. The molecule has 0 spiro atoms. The van der Waals surface area contributed by atoms with Gasteiger partial charge in [-0.05, 0) is 42.7 Å². The van der Waals surface area contributed by atoms with E-state index in [2.05, 4.69) is 36.8 Å². The first-order chi connectivity index (χ1) is 14.8. The van der Waals surface area contributed by atoms with Gasteiger partial charge in [0.2, 0.25) is 11.8 Å². The lowest BCUT2D eigenvalue weighted by atomic mass is 10.1. The summed E-state index contributed by atoms with van der Waals surface area (Å²) in [5.74, 6) is 0.646. The molecule has 0 bridgehead atoms. The van der Waals surface area contributed by atoms with Crippen LogP contribution in [0.5, 0.6) is 0 Å². The van der Waals surface area contributed by atoms with Crippen LogP contribution in [0, 0.1) is 13.8 Å². The molecule has 9 heteroatoms. The molecular formula is C22H24BrN5O2S. The highest BCUT2D eigenvalue weighted by atomic mass is 79.9. The Morgan fingerprint density at radius 1 is 1.06 bits per heavy atom. The van der Waals surface area contributed by atoms with Gasteiger partial charge in [-0.25, -0.2) is 0 Å². The molecule has 2 N–H and O–H groups in total. The van der Waals surface area contributed by atoms with Crippen LogP contribution in [0.25, 0.3) is 0 Å². The van der Waals surface area contributed by atoms with E-state index in [0.717, 1.165) is 26.9 Å². The molecule has 7 nitrogen and oxygen atoms in total. The number of amides is 2. The molecule has 2 aromatic carbocycles. The van der Waals surface area contributed by atoms with Crippen LogP contribution in [0.15, 0.2) is 52.1 Å². The summed E-state index contributed by atoms with van der Waals surface area (Å²) in [7, 11) is 1.82. The van der Waals surface area contributed by atoms with Crippen LogP contribution >= 0.6 is 27.7 Å². The summed E-state index contributed by atoms with van der Waals surface area (Å²) in [5, 5.41) is 14.7. The number of aromatic nitrogens is 3. The second-order valence-electron chi connectivity index (χ2n) is 7.15. The Balaban J connectivity index is 1.51. The zero-order chi connectivity index (χ0) is 22.4. The Hall–Kier alpha value is -2.65. The van der Waals surface area contributed by atoms with Gasteiger partial charge in [-0.1, -0.05) is 58.0 Å². The molecule has 0 saturated heterocycles. The standard InChI is InChI=1S/C22H24BrN5O2S/c1-14-9-17(23)10-15(2)21(14)25-20(30)13-31-22-27-26-18(28(22)3)12-24-19(29)11-16-7-5-4-6-8-16/h4-10H,11-13H2,1-3H3,(H,24,29)(H,25,30). The Morgan fingerprint density at radius 2 is 1.74 bits per heavy atom. The summed E-state index contributed by atoms with van der Waals surface area (Å²) in [6, 6.07) is 13.5. The van der Waals surface area contributed by atoms with E-state index in [9.17, 15) is 9.59 Å². The van der Waals surface area contributed by atoms with Crippen LogP contribution in [-0.2, 0) is 29.6 Å². The predicted molar refractivity (Wildman–Crippen MR) is 126 cm³/mol. The lowest BCUT2D eigenvalue weighted by Crippen LogP contribution is -2.26. The Morgan fingerprint density at radius 3 is 2.42 bits per heavy atom. The molecule has 0 aliphatic carbocycles. The van der Waals surface area contributed by atoms with E-state index in [-0.39, 0.29) is 24.1 Å². The van der Waals surface area contributed by atoms with Crippen LogP contribution in [0.4, 0.5) is 5.69 Å². The van der Waals surface area contributed by atoms with Crippen molar-refractivity contribution in [2.45, 2.75) is 32.0 Å². The predicted octanol–water partition coefficient (Wildman–Crippen LogP) is 3.78. The smallest absolute Gasteiger partial charge is 0.234 e. The molecule has 0 unspecified atom stereocenters. The van der Waals surface area contributed by atoms with Crippen molar-refractivity contribution in [3.63, 3.8) is 0 Å². The van der Waals surface area contributed by atoms with Gasteiger partial charge in [0.1, 0.15) is 0 Å². The summed E-state index contributed by atoms with van der Waals surface area (Å²) < 4.78 is 2.77. The molecule has 0 saturated carbocycles. The molecule has 31 heavy (non-hydrogen) atoms. The van der Waals surface area contributed by atoms with E-state index in [4.69, 9.17) is 0 Å². The Bertz CT molecular complexity index is 1060. The zero-order valence-electron chi connectivity index (χ0n) is 17.6. The largest absolute Gasteiger partial charge is 0.349 e. The van der Waals surface area contributed by atoms with E-state index in [1.54, 1.807) is 4.57 Å². The highest BCUT2D eigenvalue weighted by molar-refractivity contribution is 9.10.